The fraction of sp³-hybridized carbons (Fsp3) is 0.222. The summed E-state index contributed by atoms with van der Waals surface area (Å²) in [6, 6.07) is 13.9. The minimum absolute atomic E-state index is 0.0530. The Hall–Kier alpha value is -3.22. The normalized spacial score (nSPS) is 10.5. The minimum Gasteiger partial charge on any atom is -0.376 e. The molecule has 0 aliphatic heterocycles. The van der Waals surface area contributed by atoms with E-state index in [4.69, 9.17) is 0 Å². The third kappa shape index (κ3) is 4.41. The lowest BCUT2D eigenvalue weighted by Gasteiger charge is -2.10. The van der Waals surface area contributed by atoms with E-state index >= 15 is 0 Å². The Morgan fingerprint density at radius 1 is 1.12 bits per heavy atom. The van der Waals surface area contributed by atoms with E-state index in [-0.39, 0.29) is 12.5 Å². The maximum atomic E-state index is 12.0. The summed E-state index contributed by atoms with van der Waals surface area (Å²) >= 11 is 0. The van der Waals surface area contributed by atoms with Crippen LogP contribution < -0.4 is 10.6 Å². The molecule has 0 aliphatic carbocycles. The molecule has 1 amide bonds. The number of nitrogens with zero attached hydrogens (tertiary/aromatic N) is 4. The summed E-state index contributed by atoms with van der Waals surface area (Å²) in [4.78, 5) is 12.0. The van der Waals surface area contributed by atoms with Crippen molar-refractivity contribution in [3.05, 3.63) is 65.5 Å². The second-order valence-electron chi connectivity index (χ2n) is 5.87. The van der Waals surface area contributed by atoms with Crippen molar-refractivity contribution in [1.29, 1.82) is 0 Å². The fourth-order valence-corrected chi connectivity index (χ4v) is 2.45. The number of rotatable bonds is 6. The summed E-state index contributed by atoms with van der Waals surface area (Å²) < 4.78 is 1.60. The predicted octanol–water partition coefficient (Wildman–Crippen LogP) is 2.01. The molecule has 2 aromatic carbocycles. The molecule has 0 aliphatic rings. The third-order valence-electron chi connectivity index (χ3n) is 3.86. The van der Waals surface area contributed by atoms with E-state index in [2.05, 4.69) is 26.2 Å². The van der Waals surface area contributed by atoms with Gasteiger partial charge in [-0.15, -0.1) is 5.10 Å². The SMILES string of the molecule is Cc1ccc(CNC(=O)CNc2ccc(-n3cnnn3)c(C)c2)cc1. The first-order chi connectivity index (χ1) is 12.1. The van der Waals surface area contributed by atoms with E-state index < -0.39 is 0 Å². The van der Waals surface area contributed by atoms with Gasteiger partial charge in [-0.2, -0.15) is 0 Å². The molecule has 2 N–H and O–H groups in total. The molecule has 7 nitrogen and oxygen atoms in total. The number of carbonyl (C=O) groups excluding carboxylic acids is 1. The van der Waals surface area contributed by atoms with Crippen LogP contribution in [0.25, 0.3) is 5.69 Å². The highest BCUT2D eigenvalue weighted by Crippen LogP contribution is 2.17. The average molecular weight is 336 g/mol. The molecule has 0 spiro atoms. The quantitative estimate of drug-likeness (QED) is 0.719. The number of tetrazole rings is 1. The lowest BCUT2D eigenvalue weighted by atomic mass is 10.1. The second-order valence-corrected chi connectivity index (χ2v) is 5.87. The smallest absolute Gasteiger partial charge is 0.239 e. The Morgan fingerprint density at radius 2 is 1.92 bits per heavy atom. The van der Waals surface area contributed by atoms with E-state index in [0.29, 0.717) is 6.54 Å². The molecule has 128 valence electrons. The highest BCUT2D eigenvalue weighted by atomic mass is 16.1. The number of benzene rings is 2. The lowest BCUT2D eigenvalue weighted by Crippen LogP contribution is -2.29. The molecule has 0 saturated carbocycles. The maximum absolute atomic E-state index is 12.0. The predicted molar refractivity (Wildman–Crippen MR) is 95.4 cm³/mol. The van der Waals surface area contributed by atoms with Crippen molar-refractivity contribution in [3.8, 4) is 5.69 Å². The Balaban J connectivity index is 1.52. The Morgan fingerprint density at radius 3 is 2.60 bits per heavy atom. The van der Waals surface area contributed by atoms with E-state index in [1.165, 1.54) is 5.56 Å². The third-order valence-corrected chi connectivity index (χ3v) is 3.86. The standard InChI is InChI=1S/C18H20N6O/c1-13-3-5-15(6-4-13)10-20-18(25)11-19-16-7-8-17(14(2)9-16)24-12-21-22-23-24/h3-9,12,19H,10-11H2,1-2H3,(H,20,25). The summed E-state index contributed by atoms with van der Waals surface area (Å²) in [5.74, 6) is -0.0530. The molecular formula is C18H20N6O. The van der Waals surface area contributed by atoms with Gasteiger partial charge in [-0.3, -0.25) is 4.79 Å². The Kier molecular flexibility index (Phi) is 5.03. The van der Waals surface area contributed by atoms with Crippen LogP contribution in [0.3, 0.4) is 0 Å². The molecule has 7 heteroatoms. The highest BCUT2D eigenvalue weighted by Gasteiger charge is 2.05. The fourth-order valence-electron chi connectivity index (χ4n) is 2.45. The first-order valence-electron chi connectivity index (χ1n) is 8.02. The molecule has 3 rings (SSSR count). The van der Waals surface area contributed by atoms with Gasteiger partial charge in [-0.1, -0.05) is 29.8 Å². The molecule has 3 aromatic rings. The van der Waals surface area contributed by atoms with Crippen molar-refractivity contribution >= 4 is 11.6 Å². The van der Waals surface area contributed by atoms with Crippen molar-refractivity contribution in [2.75, 3.05) is 11.9 Å². The number of amides is 1. The maximum Gasteiger partial charge on any atom is 0.239 e. The van der Waals surface area contributed by atoms with Gasteiger partial charge in [0.25, 0.3) is 0 Å². The molecular weight excluding hydrogens is 316 g/mol. The summed E-state index contributed by atoms with van der Waals surface area (Å²) in [5, 5.41) is 17.2. The van der Waals surface area contributed by atoms with Crippen LogP contribution >= 0.6 is 0 Å². The van der Waals surface area contributed by atoms with Crippen molar-refractivity contribution in [1.82, 2.24) is 25.5 Å². The van der Waals surface area contributed by atoms with Crippen LogP contribution in [0.5, 0.6) is 0 Å². The van der Waals surface area contributed by atoms with Crippen molar-refractivity contribution in [2.45, 2.75) is 20.4 Å². The first kappa shape index (κ1) is 16.6. The van der Waals surface area contributed by atoms with Crippen LogP contribution in [0.2, 0.25) is 0 Å². The minimum atomic E-state index is -0.0530. The molecule has 0 saturated heterocycles. The monoisotopic (exact) mass is 336 g/mol. The summed E-state index contributed by atoms with van der Waals surface area (Å²) in [5.41, 5.74) is 5.08. The van der Waals surface area contributed by atoms with Gasteiger partial charge in [-0.25, -0.2) is 4.68 Å². The van der Waals surface area contributed by atoms with Crippen molar-refractivity contribution in [2.24, 2.45) is 0 Å². The van der Waals surface area contributed by atoms with Gasteiger partial charge in [0.15, 0.2) is 0 Å². The molecule has 0 bridgehead atoms. The second kappa shape index (κ2) is 7.57. The molecule has 0 unspecified atom stereocenters. The van der Waals surface area contributed by atoms with Gasteiger partial charge in [-0.05, 0) is 53.6 Å². The van der Waals surface area contributed by atoms with E-state index in [1.54, 1.807) is 11.0 Å². The van der Waals surface area contributed by atoms with E-state index in [9.17, 15) is 4.79 Å². The largest absolute Gasteiger partial charge is 0.376 e. The lowest BCUT2D eigenvalue weighted by molar-refractivity contribution is -0.119. The zero-order chi connectivity index (χ0) is 17.6. The van der Waals surface area contributed by atoms with Gasteiger partial charge in [0.1, 0.15) is 6.33 Å². The zero-order valence-electron chi connectivity index (χ0n) is 14.2. The van der Waals surface area contributed by atoms with Crippen LogP contribution in [-0.4, -0.2) is 32.7 Å². The van der Waals surface area contributed by atoms with Gasteiger partial charge in [0, 0.05) is 12.2 Å². The number of anilines is 1. The summed E-state index contributed by atoms with van der Waals surface area (Å²) in [6.45, 7) is 4.76. The summed E-state index contributed by atoms with van der Waals surface area (Å²) in [6.07, 6.45) is 1.55. The molecule has 1 heterocycles. The summed E-state index contributed by atoms with van der Waals surface area (Å²) in [7, 11) is 0. The van der Waals surface area contributed by atoms with Crippen LogP contribution in [0.15, 0.2) is 48.8 Å². The number of hydrogen-bond donors (Lipinski definition) is 2. The Labute approximate surface area is 146 Å². The molecule has 0 atom stereocenters. The van der Waals surface area contributed by atoms with Crippen molar-refractivity contribution < 1.29 is 4.79 Å². The van der Waals surface area contributed by atoms with E-state index in [1.807, 2.05) is 56.3 Å². The Bertz CT molecular complexity index is 843. The van der Waals surface area contributed by atoms with Gasteiger partial charge >= 0.3 is 0 Å². The van der Waals surface area contributed by atoms with Crippen LogP contribution in [0, 0.1) is 13.8 Å². The van der Waals surface area contributed by atoms with E-state index in [0.717, 1.165) is 22.5 Å². The topological polar surface area (TPSA) is 84.7 Å². The number of carbonyl (C=O) groups is 1. The molecule has 1 aromatic heterocycles. The van der Waals surface area contributed by atoms with Crippen LogP contribution in [-0.2, 0) is 11.3 Å². The number of nitrogens with one attached hydrogen (secondary N) is 2. The molecule has 25 heavy (non-hydrogen) atoms. The molecule has 0 fully saturated rings. The average Bonchev–Trinajstić information content (AvgIpc) is 3.14. The van der Waals surface area contributed by atoms with Crippen LogP contribution in [0.1, 0.15) is 16.7 Å². The van der Waals surface area contributed by atoms with Crippen molar-refractivity contribution in [3.63, 3.8) is 0 Å². The van der Waals surface area contributed by atoms with Crippen LogP contribution in [0.4, 0.5) is 5.69 Å². The number of aromatic nitrogens is 4. The first-order valence-corrected chi connectivity index (χ1v) is 8.02. The van der Waals surface area contributed by atoms with Gasteiger partial charge in [0.2, 0.25) is 5.91 Å². The van der Waals surface area contributed by atoms with Gasteiger partial charge in [0.05, 0.1) is 12.2 Å². The zero-order valence-corrected chi connectivity index (χ0v) is 14.2. The number of hydrogen-bond acceptors (Lipinski definition) is 5. The molecule has 0 radical (unpaired) electrons. The number of aryl methyl sites for hydroxylation is 2. The highest BCUT2D eigenvalue weighted by molar-refractivity contribution is 5.80. The van der Waals surface area contributed by atoms with Gasteiger partial charge < -0.3 is 10.6 Å².